The Morgan fingerprint density at radius 3 is 2.42 bits per heavy atom. The fraction of sp³-hybridized carbons (Fsp3) is 0.417. The molecule has 0 spiro atoms. The van der Waals surface area contributed by atoms with E-state index in [1.54, 1.807) is 0 Å². The molecule has 0 unspecified atom stereocenters. The lowest BCUT2D eigenvalue weighted by atomic mass is 9.97. The fourth-order valence-corrected chi connectivity index (χ4v) is 1.33. The Kier molecular flexibility index (Phi) is 2.91. The Hall–Kier alpha value is -0.780. The molecule has 1 rings (SSSR count). The highest BCUT2D eigenvalue weighted by molar-refractivity contribution is 5.33. The predicted octanol–water partition coefficient (Wildman–Crippen LogP) is 3.55. The second-order valence-corrected chi connectivity index (χ2v) is 3.59. The summed E-state index contributed by atoms with van der Waals surface area (Å²) in [4.78, 5) is 0. The third kappa shape index (κ3) is 2.10. The van der Waals surface area contributed by atoms with E-state index < -0.39 is 0 Å². The van der Waals surface area contributed by atoms with Gasteiger partial charge >= 0.3 is 0 Å². The van der Waals surface area contributed by atoms with Gasteiger partial charge in [-0.3, -0.25) is 0 Å². The van der Waals surface area contributed by atoms with E-state index >= 15 is 0 Å². The number of hydrogen-bond acceptors (Lipinski definition) is 0. The van der Waals surface area contributed by atoms with Gasteiger partial charge in [-0.1, -0.05) is 39.0 Å². The first-order valence-electron chi connectivity index (χ1n) is 4.59. The van der Waals surface area contributed by atoms with Gasteiger partial charge in [0.25, 0.3) is 0 Å². The maximum Gasteiger partial charge on any atom is -0.0219 e. The molecule has 0 saturated carbocycles. The highest BCUT2D eigenvalue weighted by Crippen LogP contribution is 2.18. The Balaban J connectivity index is 3.06. The molecule has 0 aliphatic carbocycles. The summed E-state index contributed by atoms with van der Waals surface area (Å²) in [7, 11) is 0. The van der Waals surface area contributed by atoms with Crippen LogP contribution in [0.5, 0.6) is 0 Å². The van der Waals surface area contributed by atoms with Crippen molar-refractivity contribution in [1.82, 2.24) is 0 Å². The molecule has 0 amide bonds. The molecule has 0 aromatic heterocycles. The Morgan fingerprint density at radius 2 is 1.92 bits per heavy atom. The first-order valence-corrected chi connectivity index (χ1v) is 4.59. The Morgan fingerprint density at radius 1 is 1.25 bits per heavy atom. The van der Waals surface area contributed by atoms with Gasteiger partial charge in [0, 0.05) is 0 Å². The maximum absolute atomic E-state index is 3.97. The zero-order valence-electron chi connectivity index (χ0n) is 8.22. The fourth-order valence-electron chi connectivity index (χ4n) is 1.33. The van der Waals surface area contributed by atoms with E-state index in [4.69, 9.17) is 0 Å². The van der Waals surface area contributed by atoms with E-state index in [9.17, 15) is 0 Å². The summed E-state index contributed by atoms with van der Waals surface area (Å²) in [5, 5.41) is 0. The quantitative estimate of drug-likeness (QED) is 0.622. The molecular formula is C12H17. The lowest BCUT2D eigenvalue weighted by Gasteiger charge is -2.08. The van der Waals surface area contributed by atoms with Gasteiger partial charge < -0.3 is 0 Å². The third-order valence-corrected chi connectivity index (χ3v) is 2.15. The smallest absolute Gasteiger partial charge is 0.0219 e. The molecule has 12 heavy (non-hydrogen) atoms. The van der Waals surface area contributed by atoms with Gasteiger partial charge in [-0.15, -0.1) is 0 Å². The summed E-state index contributed by atoms with van der Waals surface area (Å²) >= 11 is 0. The normalized spacial score (nSPS) is 10.8. The molecule has 0 aliphatic rings. The molecule has 0 bridgehead atoms. The lowest BCUT2D eigenvalue weighted by molar-refractivity contribution is 0.861. The summed E-state index contributed by atoms with van der Waals surface area (Å²) in [6, 6.07) is 6.61. The van der Waals surface area contributed by atoms with Crippen LogP contribution in [-0.4, -0.2) is 0 Å². The predicted molar refractivity (Wildman–Crippen MR) is 54.4 cm³/mol. The molecule has 0 fully saturated rings. The van der Waals surface area contributed by atoms with Gasteiger partial charge in [0.1, 0.15) is 0 Å². The van der Waals surface area contributed by atoms with Crippen molar-refractivity contribution in [2.75, 3.05) is 0 Å². The number of benzene rings is 1. The molecule has 0 nitrogen and oxygen atoms in total. The Labute approximate surface area is 75.6 Å². The van der Waals surface area contributed by atoms with Crippen molar-refractivity contribution in [3.05, 3.63) is 41.8 Å². The van der Waals surface area contributed by atoms with Crippen molar-refractivity contribution in [3.63, 3.8) is 0 Å². The molecule has 0 saturated heterocycles. The van der Waals surface area contributed by atoms with Crippen LogP contribution in [0, 0.1) is 6.92 Å². The average molecular weight is 161 g/mol. The van der Waals surface area contributed by atoms with Crippen molar-refractivity contribution in [3.8, 4) is 0 Å². The molecule has 0 heteroatoms. The minimum Gasteiger partial charge on any atom is -0.0613 e. The van der Waals surface area contributed by atoms with Crippen LogP contribution in [0.3, 0.4) is 0 Å². The maximum atomic E-state index is 3.97. The number of rotatable bonds is 2. The van der Waals surface area contributed by atoms with E-state index in [0.717, 1.165) is 12.0 Å². The highest BCUT2D eigenvalue weighted by atomic mass is 14.1. The minimum absolute atomic E-state index is 0.608. The van der Waals surface area contributed by atoms with E-state index in [2.05, 4.69) is 45.9 Å². The summed E-state index contributed by atoms with van der Waals surface area (Å²) in [5.41, 5.74) is 3.93. The first-order chi connectivity index (χ1) is 5.63. The van der Waals surface area contributed by atoms with Crippen molar-refractivity contribution in [2.24, 2.45) is 0 Å². The molecule has 1 aromatic rings. The van der Waals surface area contributed by atoms with Crippen molar-refractivity contribution in [1.29, 1.82) is 0 Å². The third-order valence-electron chi connectivity index (χ3n) is 2.15. The number of hydrogen-bond donors (Lipinski definition) is 0. The van der Waals surface area contributed by atoms with Crippen LogP contribution in [0.15, 0.2) is 18.2 Å². The number of aryl methyl sites for hydroxylation is 1. The molecular weight excluding hydrogens is 144 g/mol. The summed E-state index contributed by atoms with van der Waals surface area (Å²) < 4.78 is 0. The first kappa shape index (κ1) is 9.31. The van der Waals surface area contributed by atoms with E-state index in [-0.39, 0.29) is 0 Å². The van der Waals surface area contributed by atoms with Crippen molar-refractivity contribution in [2.45, 2.75) is 33.1 Å². The second-order valence-electron chi connectivity index (χ2n) is 3.59. The topological polar surface area (TPSA) is 0 Å². The minimum atomic E-state index is 0.608. The van der Waals surface area contributed by atoms with Crippen LogP contribution in [0.2, 0.25) is 0 Å². The molecule has 0 heterocycles. The van der Waals surface area contributed by atoms with Crippen molar-refractivity contribution >= 4 is 0 Å². The van der Waals surface area contributed by atoms with Gasteiger partial charge in [0.2, 0.25) is 0 Å². The average Bonchev–Trinajstić information content (AvgIpc) is 2.03. The molecule has 65 valence electrons. The monoisotopic (exact) mass is 161 g/mol. The standard InChI is InChI=1S/C12H17/c1-5-11-6-10(4)7-12(8-11)9(2)3/h6-9H,4-5H2,1-3H3. The van der Waals surface area contributed by atoms with Gasteiger partial charge in [0.15, 0.2) is 0 Å². The molecule has 1 radical (unpaired) electrons. The van der Waals surface area contributed by atoms with E-state index in [1.807, 2.05) is 0 Å². The van der Waals surface area contributed by atoms with Gasteiger partial charge in [-0.25, -0.2) is 0 Å². The molecule has 0 aliphatic heterocycles. The molecule has 0 N–H and O–H groups in total. The summed E-state index contributed by atoms with van der Waals surface area (Å²) in [6.07, 6.45) is 1.10. The van der Waals surface area contributed by atoms with Crippen LogP contribution in [0.4, 0.5) is 0 Å². The summed E-state index contributed by atoms with van der Waals surface area (Å²) in [5.74, 6) is 0.608. The van der Waals surface area contributed by atoms with Crippen LogP contribution < -0.4 is 0 Å². The summed E-state index contributed by atoms with van der Waals surface area (Å²) in [6.45, 7) is 10.6. The van der Waals surface area contributed by atoms with Gasteiger partial charge in [-0.05, 0) is 36.0 Å². The van der Waals surface area contributed by atoms with Crippen molar-refractivity contribution < 1.29 is 0 Å². The second kappa shape index (κ2) is 3.75. The van der Waals surface area contributed by atoms with Crippen LogP contribution in [-0.2, 0) is 6.42 Å². The van der Waals surface area contributed by atoms with Gasteiger partial charge in [-0.2, -0.15) is 0 Å². The highest BCUT2D eigenvalue weighted by Gasteiger charge is 2.00. The SMILES string of the molecule is [CH2]c1cc(CC)cc(C(C)C)c1. The van der Waals surface area contributed by atoms with Crippen LogP contribution in [0.25, 0.3) is 0 Å². The zero-order valence-corrected chi connectivity index (χ0v) is 8.22. The molecule has 1 aromatic carbocycles. The van der Waals surface area contributed by atoms with E-state index in [0.29, 0.717) is 5.92 Å². The largest absolute Gasteiger partial charge is 0.0613 e. The van der Waals surface area contributed by atoms with Crippen LogP contribution in [0.1, 0.15) is 43.4 Å². The van der Waals surface area contributed by atoms with E-state index in [1.165, 1.54) is 11.1 Å². The Bertz CT molecular complexity index is 259. The van der Waals surface area contributed by atoms with Gasteiger partial charge in [0.05, 0.1) is 0 Å². The molecule has 0 atom stereocenters. The van der Waals surface area contributed by atoms with Crippen LogP contribution >= 0.6 is 0 Å². The zero-order chi connectivity index (χ0) is 9.14. The lowest BCUT2D eigenvalue weighted by Crippen LogP contribution is -1.91.